The number of benzene rings is 1. The van der Waals surface area contributed by atoms with Crippen molar-refractivity contribution in [2.45, 2.75) is 13.3 Å². The van der Waals surface area contributed by atoms with Crippen molar-refractivity contribution in [3.63, 3.8) is 0 Å². The Hall–Kier alpha value is -2.04. The average Bonchev–Trinajstić information content (AvgIpc) is 2.80. The van der Waals surface area contributed by atoms with Crippen molar-refractivity contribution in [1.29, 1.82) is 0 Å². The van der Waals surface area contributed by atoms with Gasteiger partial charge in [0.25, 0.3) is 0 Å². The maximum absolute atomic E-state index is 12.0. The third kappa shape index (κ3) is 2.54. The minimum absolute atomic E-state index is 0.0682. The molecular weight excluding hydrogens is 246 g/mol. The molecule has 5 heteroatoms. The molecule has 0 spiro atoms. The molecule has 0 aliphatic carbocycles. The highest BCUT2D eigenvalue weighted by Gasteiger charge is 2.35. The topological polar surface area (TPSA) is 55.8 Å². The molecule has 1 amide bonds. The molecule has 0 N–H and O–H groups in total. The number of ether oxygens (including phenoxy) is 2. The number of hydrogen-bond donors (Lipinski definition) is 0. The van der Waals surface area contributed by atoms with Crippen LogP contribution in [0.2, 0.25) is 0 Å². The van der Waals surface area contributed by atoms with Gasteiger partial charge in [-0.05, 0) is 18.6 Å². The Morgan fingerprint density at radius 1 is 1.37 bits per heavy atom. The van der Waals surface area contributed by atoms with Crippen LogP contribution in [0.5, 0.6) is 5.75 Å². The van der Waals surface area contributed by atoms with Gasteiger partial charge in [0.05, 0.1) is 20.1 Å². The van der Waals surface area contributed by atoms with E-state index in [0.29, 0.717) is 6.54 Å². The zero-order valence-corrected chi connectivity index (χ0v) is 11.3. The van der Waals surface area contributed by atoms with Gasteiger partial charge >= 0.3 is 5.97 Å². The summed E-state index contributed by atoms with van der Waals surface area (Å²) >= 11 is 0. The van der Waals surface area contributed by atoms with E-state index in [2.05, 4.69) is 4.74 Å². The minimum Gasteiger partial charge on any atom is -0.496 e. The smallest absolute Gasteiger partial charge is 0.311 e. The van der Waals surface area contributed by atoms with E-state index in [1.807, 2.05) is 25.1 Å². The van der Waals surface area contributed by atoms with Crippen molar-refractivity contribution in [3.05, 3.63) is 23.8 Å². The van der Waals surface area contributed by atoms with Gasteiger partial charge in [0.15, 0.2) is 0 Å². The summed E-state index contributed by atoms with van der Waals surface area (Å²) in [6.07, 6.45) is 0.197. The second-order valence-electron chi connectivity index (χ2n) is 4.58. The Kier molecular flexibility index (Phi) is 3.74. The molecule has 0 saturated carbocycles. The molecule has 1 atom stereocenters. The first kappa shape index (κ1) is 13.4. The Morgan fingerprint density at radius 2 is 2.11 bits per heavy atom. The van der Waals surface area contributed by atoms with Gasteiger partial charge in [-0.2, -0.15) is 0 Å². The SMILES string of the molecule is COC(=O)C1CC(=O)N(c2ccc(C)c(OC)c2)C1. The van der Waals surface area contributed by atoms with Crippen LogP contribution in [0.25, 0.3) is 0 Å². The van der Waals surface area contributed by atoms with E-state index in [1.54, 1.807) is 12.0 Å². The monoisotopic (exact) mass is 263 g/mol. The lowest BCUT2D eigenvalue weighted by Crippen LogP contribution is -2.26. The van der Waals surface area contributed by atoms with Crippen molar-refractivity contribution in [3.8, 4) is 5.75 Å². The second kappa shape index (κ2) is 5.30. The highest BCUT2D eigenvalue weighted by molar-refractivity contribution is 5.99. The quantitative estimate of drug-likeness (QED) is 0.776. The van der Waals surface area contributed by atoms with Crippen LogP contribution in [-0.4, -0.2) is 32.6 Å². The first-order chi connectivity index (χ1) is 9.06. The molecule has 0 bridgehead atoms. The van der Waals surface area contributed by atoms with Gasteiger partial charge in [0, 0.05) is 24.7 Å². The molecule has 0 radical (unpaired) electrons. The fourth-order valence-corrected chi connectivity index (χ4v) is 2.26. The molecule has 0 aromatic heterocycles. The highest BCUT2D eigenvalue weighted by Crippen LogP contribution is 2.30. The zero-order valence-electron chi connectivity index (χ0n) is 11.3. The van der Waals surface area contributed by atoms with E-state index in [-0.39, 0.29) is 24.2 Å². The lowest BCUT2D eigenvalue weighted by atomic mass is 10.1. The van der Waals surface area contributed by atoms with E-state index in [4.69, 9.17) is 4.74 Å². The van der Waals surface area contributed by atoms with Crippen LogP contribution in [0.4, 0.5) is 5.69 Å². The van der Waals surface area contributed by atoms with Crippen LogP contribution >= 0.6 is 0 Å². The fraction of sp³-hybridized carbons (Fsp3) is 0.429. The van der Waals surface area contributed by atoms with E-state index >= 15 is 0 Å². The van der Waals surface area contributed by atoms with Crippen molar-refractivity contribution in [1.82, 2.24) is 0 Å². The number of methoxy groups -OCH3 is 2. The van der Waals surface area contributed by atoms with Crippen molar-refractivity contribution >= 4 is 17.6 Å². The number of anilines is 1. The Balaban J connectivity index is 2.23. The van der Waals surface area contributed by atoms with Crippen LogP contribution in [0, 0.1) is 12.8 Å². The van der Waals surface area contributed by atoms with Crippen LogP contribution in [0.3, 0.4) is 0 Å². The van der Waals surface area contributed by atoms with Gasteiger partial charge in [-0.3, -0.25) is 9.59 Å². The number of esters is 1. The van der Waals surface area contributed by atoms with E-state index < -0.39 is 0 Å². The average molecular weight is 263 g/mol. The molecule has 19 heavy (non-hydrogen) atoms. The van der Waals surface area contributed by atoms with Crippen LogP contribution in [0.15, 0.2) is 18.2 Å². The third-order valence-corrected chi connectivity index (χ3v) is 3.36. The first-order valence-corrected chi connectivity index (χ1v) is 6.09. The second-order valence-corrected chi connectivity index (χ2v) is 4.58. The zero-order chi connectivity index (χ0) is 14.0. The Bertz CT molecular complexity index is 512. The van der Waals surface area contributed by atoms with Gasteiger partial charge in [-0.1, -0.05) is 6.07 Å². The normalized spacial score (nSPS) is 18.6. The minimum atomic E-state index is -0.384. The van der Waals surface area contributed by atoms with Gasteiger partial charge in [0.1, 0.15) is 5.75 Å². The summed E-state index contributed by atoms with van der Waals surface area (Å²) in [5.41, 5.74) is 1.75. The fourth-order valence-electron chi connectivity index (χ4n) is 2.26. The largest absolute Gasteiger partial charge is 0.496 e. The summed E-state index contributed by atoms with van der Waals surface area (Å²) in [7, 11) is 2.93. The van der Waals surface area contributed by atoms with Gasteiger partial charge < -0.3 is 14.4 Å². The number of nitrogens with zero attached hydrogens (tertiary/aromatic N) is 1. The predicted molar refractivity (Wildman–Crippen MR) is 70.2 cm³/mol. The van der Waals surface area contributed by atoms with Gasteiger partial charge in [0.2, 0.25) is 5.91 Å². The summed E-state index contributed by atoms with van der Waals surface area (Å²) in [6, 6.07) is 5.56. The Morgan fingerprint density at radius 3 is 2.74 bits per heavy atom. The van der Waals surface area contributed by atoms with Crippen LogP contribution in [-0.2, 0) is 14.3 Å². The summed E-state index contributed by atoms with van der Waals surface area (Å²) < 4.78 is 9.93. The number of aryl methyl sites for hydroxylation is 1. The molecule has 1 heterocycles. The first-order valence-electron chi connectivity index (χ1n) is 6.09. The van der Waals surface area contributed by atoms with Crippen LogP contribution in [0.1, 0.15) is 12.0 Å². The molecule has 1 aromatic carbocycles. The molecule has 1 fully saturated rings. The summed E-state index contributed by atoms with van der Waals surface area (Å²) in [5.74, 6) is -0.0622. The maximum Gasteiger partial charge on any atom is 0.311 e. The molecule has 5 nitrogen and oxygen atoms in total. The Labute approximate surface area is 112 Å². The number of rotatable bonds is 3. The van der Waals surface area contributed by atoms with Crippen molar-refractivity contribution < 1.29 is 19.1 Å². The van der Waals surface area contributed by atoms with E-state index in [9.17, 15) is 9.59 Å². The lowest BCUT2D eigenvalue weighted by Gasteiger charge is -2.18. The number of hydrogen-bond acceptors (Lipinski definition) is 4. The number of carbonyl (C=O) groups is 2. The summed E-state index contributed by atoms with van der Waals surface area (Å²) in [5, 5.41) is 0. The van der Waals surface area contributed by atoms with E-state index in [1.165, 1.54) is 7.11 Å². The van der Waals surface area contributed by atoms with Gasteiger partial charge in [-0.15, -0.1) is 0 Å². The lowest BCUT2D eigenvalue weighted by molar-refractivity contribution is -0.145. The molecular formula is C14H17NO4. The summed E-state index contributed by atoms with van der Waals surface area (Å²) in [6.45, 7) is 2.30. The standard InChI is InChI=1S/C14H17NO4/c1-9-4-5-11(7-12(9)18-2)15-8-10(6-13(15)16)14(17)19-3/h4-5,7,10H,6,8H2,1-3H3. The molecule has 102 valence electrons. The van der Waals surface area contributed by atoms with Crippen LogP contribution < -0.4 is 9.64 Å². The molecule has 1 saturated heterocycles. The molecule has 1 aliphatic heterocycles. The van der Waals surface area contributed by atoms with Crippen molar-refractivity contribution in [2.24, 2.45) is 5.92 Å². The van der Waals surface area contributed by atoms with Gasteiger partial charge in [-0.25, -0.2) is 0 Å². The van der Waals surface area contributed by atoms with E-state index in [0.717, 1.165) is 17.0 Å². The predicted octanol–water partition coefficient (Wildman–Crippen LogP) is 1.53. The maximum atomic E-state index is 12.0. The molecule has 2 rings (SSSR count). The summed E-state index contributed by atoms with van der Waals surface area (Å²) in [4.78, 5) is 25.1. The third-order valence-electron chi connectivity index (χ3n) is 3.36. The number of carbonyl (C=O) groups excluding carboxylic acids is 2. The molecule has 1 unspecified atom stereocenters. The highest BCUT2D eigenvalue weighted by atomic mass is 16.5. The molecule has 1 aliphatic rings. The number of amides is 1. The van der Waals surface area contributed by atoms with Crippen molar-refractivity contribution in [2.75, 3.05) is 25.7 Å². The molecule has 1 aromatic rings.